The highest BCUT2D eigenvalue weighted by Gasteiger charge is 2.16. The predicted octanol–water partition coefficient (Wildman–Crippen LogP) is 13.2. The topological polar surface area (TPSA) is 51.6 Å². The number of hydrogen-bond acceptors (Lipinski definition) is 4. The molecule has 0 fully saturated rings. The van der Waals surface area contributed by atoms with Crippen LogP contribution in [-0.2, 0) is 0 Å². The van der Waals surface area contributed by atoms with Crippen molar-refractivity contribution in [2.45, 2.75) is 0 Å². The molecular weight excluding hydrogens is 681 g/mol. The summed E-state index contributed by atoms with van der Waals surface area (Å²) in [5.74, 6) is 0. The van der Waals surface area contributed by atoms with Crippen LogP contribution in [0.3, 0.4) is 0 Å². The molecule has 0 aliphatic heterocycles. The Morgan fingerprint density at radius 3 is 1.38 bits per heavy atom. The van der Waals surface area contributed by atoms with Crippen molar-refractivity contribution in [3.8, 4) is 78.5 Å². The molecule has 4 aromatic heterocycles. The number of nitrogens with zero attached hydrogens (tertiary/aromatic N) is 4. The van der Waals surface area contributed by atoms with Crippen LogP contribution in [-0.4, -0.2) is 19.9 Å². The fourth-order valence-corrected chi connectivity index (χ4v) is 7.61. The molecule has 0 spiro atoms. The van der Waals surface area contributed by atoms with Crippen molar-refractivity contribution in [1.82, 2.24) is 19.9 Å². The van der Waals surface area contributed by atoms with Crippen LogP contribution in [0.4, 0.5) is 0 Å². The number of fused-ring (bicyclic) bond motifs is 3. The normalized spacial score (nSPS) is 11.2. The van der Waals surface area contributed by atoms with Gasteiger partial charge >= 0.3 is 0 Å². The zero-order chi connectivity index (χ0) is 37.3. The molecule has 10 aromatic rings. The monoisotopic (exact) mass is 714 g/mol. The minimum atomic E-state index is 0.814. The molecule has 0 atom stereocenters. The molecule has 0 bridgehead atoms. The van der Waals surface area contributed by atoms with E-state index in [9.17, 15) is 0 Å². The first-order chi connectivity index (χ1) is 27.7. The van der Waals surface area contributed by atoms with E-state index in [1.165, 1.54) is 16.5 Å². The molecule has 0 aliphatic rings. The second kappa shape index (κ2) is 14.3. The van der Waals surface area contributed by atoms with Crippen molar-refractivity contribution < 1.29 is 0 Å². The first-order valence-electron chi connectivity index (χ1n) is 18.8. The number of pyridine rings is 4. The number of benzene rings is 6. The lowest BCUT2D eigenvalue weighted by Gasteiger charge is -2.15. The third-order valence-electron chi connectivity index (χ3n) is 10.4. The first-order valence-corrected chi connectivity index (χ1v) is 18.8. The van der Waals surface area contributed by atoms with Gasteiger partial charge in [-0.15, -0.1) is 0 Å². The van der Waals surface area contributed by atoms with E-state index >= 15 is 0 Å². The summed E-state index contributed by atoms with van der Waals surface area (Å²) in [6, 6.07) is 68.0. The third-order valence-corrected chi connectivity index (χ3v) is 10.4. The second-order valence-electron chi connectivity index (χ2n) is 13.9. The molecule has 6 aromatic carbocycles. The molecule has 4 heterocycles. The Hall–Kier alpha value is -7.56. The minimum Gasteiger partial charge on any atom is -0.255 e. The van der Waals surface area contributed by atoms with Gasteiger partial charge in [0.1, 0.15) is 0 Å². The van der Waals surface area contributed by atoms with Crippen LogP contribution in [0.5, 0.6) is 0 Å². The number of hydrogen-bond donors (Lipinski definition) is 0. The Labute approximate surface area is 325 Å². The molecular formula is C52H34N4. The molecule has 4 heteroatoms. The van der Waals surface area contributed by atoms with E-state index in [1.807, 2.05) is 36.4 Å². The second-order valence-corrected chi connectivity index (χ2v) is 13.9. The molecule has 0 unspecified atom stereocenters. The van der Waals surface area contributed by atoms with E-state index in [0.717, 1.165) is 83.7 Å². The maximum Gasteiger partial charge on any atom is 0.0900 e. The van der Waals surface area contributed by atoms with Gasteiger partial charge in [0.2, 0.25) is 0 Å². The molecule has 0 N–H and O–H groups in total. The smallest absolute Gasteiger partial charge is 0.0900 e. The van der Waals surface area contributed by atoms with Gasteiger partial charge < -0.3 is 0 Å². The average Bonchev–Trinajstić information content (AvgIpc) is 3.29. The zero-order valence-corrected chi connectivity index (χ0v) is 30.4. The van der Waals surface area contributed by atoms with Gasteiger partial charge in [0.25, 0.3) is 0 Å². The lowest BCUT2D eigenvalue weighted by atomic mass is 9.91. The fraction of sp³-hybridized carbons (Fsp3) is 0. The maximum atomic E-state index is 5.26. The van der Waals surface area contributed by atoms with Crippen molar-refractivity contribution in [2.24, 2.45) is 0 Å². The minimum absolute atomic E-state index is 0.814. The van der Waals surface area contributed by atoms with Gasteiger partial charge in [-0.25, -0.2) is 9.97 Å². The van der Waals surface area contributed by atoms with E-state index in [-0.39, 0.29) is 0 Å². The van der Waals surface area contributed by atoms with Gasteiger partial charge in [-0.2, -0.15) is 0 Å². The first kappa shape index (κ1) is 33.0. The standard InChI is InChI=1S/C52H34N4/c1-3-12-39(13-4-1)43-16-11-17-44-51(43)45-32-41(28-29-46(45)56-52(44)40-14-5-2-6-15-40)37-24-20-35(21-25-37)36-22-26-38(27-23-36)42-33-49(47-18-7-9-30-53-47)55-50(34-42)48-19-8-10-31-54-48/h1-34H. The molecule has 0 saturated carbocycles. The van der Waals surface area contributed by atoms with Crippen LogP contribution in [0.25, 0.3) is 100 Å². The Morgan fingerprint density at radius 2 is 0.804 bits per heavy atom. The van der Waals surface area contributed by atoms with Crippen molar-refractivity contribution >= 4 is 21.7 Å². The summed E-state index contributed by atoms with van der Waals surface area (Å²) < 4.78 is 0. The largest absolute Gasteiger partial charge is 0.255 e. The highest BCUT2D eigenvalue weighted by molar-refractivity contribution is 6.17. The molecule has 262 valence electrons. The summed E-state index contributed by atoms with van der Waals surface area (Å²) in [5, 5.41) is 3.51. The van der Waals surface area contributed by atoms with Crippen molar-refractivity contribution in [3.05, 3.63) is 207 Å². The van der Waals surface area contributed by atoms with Crippen molar-refractivity contribution in [2.75, 3.05) is 0 Å². The highest BCUT2D eigenvalue weighted by atomic mass is 14.8. The van der Waals surface area contributed by atoms with Crippen LogP contribution in [0, 0.1) is 0 Å². The van der Waals surface area contributed by atoms with Gasteiger partial charge in [-0.1, -0.05) is 146 Å². The van der Waals surface area contributed by atoms with E-state index in [2.05, 4.69) is 168 Å². The lowest BCUT2D eigenvalue weighted by molar-refractivity contribution is 1.22. The van der Waals surface area contributed by atoms with Crippen molar-refractivity contribution in [1.29, 1.82) is 0 Å². The fourth-order valence-electron chi connectivity index (χ4n) is 7.61. The molecule has 10 rings (SSSR count). The quantitative estimate of drug-likeness (QED) is 0.154. The third kappa shape index (κ3) is 6.29. The van der Waals surface area contributed by atoms with E-state index < -0.39 is 0 Å². The summed E-state index contributed by atoms with van der Waals surface area (Å²) in [4.78, 5) is 19.3. The molecule has 0 aliphatic carbocycles. The average molecular weight is 715 g/mol. The summed E-state index contributed by atoms with van der Waals surface area (Å²) in [5.41, 5.74) is 15.6. The molecule has 0 amide bonds. The van der Waals surface area contributed by atoms with Gasteiger partial charge in [0, 0.05) is 34.1 Å². The molecule has 0 saturated heterocycles. The maximum absolute atomic E-state index is 5.26. The lowest BCUT2D eigenvalue weighted by Crippen LogP contribution is -1.94. The zero-order valence-electron chi connectivity index (χ0n) is 30.4. The van der Waals surface area contributed by atoms with Gasteiger partial charge in [-0.05, 0) is 93.0 Å². The summed E-state index contributed by atoms with van der Waals surface area (Å²) in [6.45, 7) is 0. The van der Waals surface area contributed by atoms with E-state index in [4.69, 9.17) is 9.97 Å². The van der Waals surface area contributed by atoms with Crippen LogP contribution < -0.4 is 0 Å². The Kier molecular flexibility index (Phi) is 8.47. The van der Waals surface area contributed by atoms with Crippen LogP contribution in [0.2, 0.25) is 0 Å². The van der Waals surface area contributed by atoms with Gasteiger partial charge in [-0.3, -0.25) is 9.97 Å². The van der Waals surface area contributed by atoms with Gasteiger partial charge in [0.05, 0.1) is 34.0 Å². The molecule has 56 heavy (non-hydrogen) atoms. The van der Waals surface area contributed by atoms with Crippen molar-refractivity contribution in [3.63, 3.8) is 0 Å². The van der Waals surface area contributed by atoms with Crippen LogP contribution in [0.1, 0.15) is 0 Å². The summed E-state index contributed by atoms with van der Waals surface area (Å²) >= 11 is 0. The van der Waals surface area contributed by atoms with E-state index in [0.29, 0.717) is 0 Å². The Balaban J connectivity index is 1.00. The SMILES string of the molecule is c1ccc(-c2nc3ccc(-c4ccc(-c5ccc(-c6cc(-c7ccccn7)nc(-c7ccccn7)c6)cc5)cc4)cc3c3c(-c4ccccc4)cccc23)cc1. The predicted molar refractivity (Wildman–Crippen MR) is 231 cm³/mol. The van der Waals surface area contributed by atoms with Crippen LogP contribution >= 0.6 is 0 Å². The van der Waals surface area contributed by atoms with Crippen LogP contribution in [0.15, 0.2) is 207 Å². The number of aromatic nitrogens is 4. The highest BCUT2D eigenvalue weighted by Crippen LogP contribution is 2.40. The van der Waals surface area contributed by atoms with E-state index in [1.54, 1.807) is 12.4 Å². The Morgan fingerprint density at radius 1 is 0.286 bits per heavy atom. The molecule has 4 nitrogen and oxygen atoms in total. The number of rotatable bonds is 7. The Bertz CT molecular complexity index is 2910. The summed E-state index contributed by atoms with van der Waals surface area (Å²) in [6.07, 6.45) is 3.60. The summed E-state index contributed by atoms with van der Waals surface area (Å²) in [7, 11) is 0. The van der Waals surface area contributed by atoms with Gasteiger partial charge in [0.15, 0.2) is 0 Å². The molecule has 0 radical (unpaired) electrons.